The van der Waals surface area contributed by atoms with Gasteiger partial charge in [-0.05, 0) is 54.3 Å². The van der Waals surface area contributed by atoms with Crippen molar-refractivity contribution in [2.45, 2.75) is 134 Å². The van der Waals surface area contributed by atoms with Gasteiger partial charge in [0.2, 0.25) is 35.4 Å². The van der Waals surface area contributed by atoms with Crippen molar-refractivity contribution in [1.29, 1.82) is 0 Å². The van der Waals surface area contributed by atoms with Gasteiger partial charge in [-0.2, -0.15) is 0 Å². The van der Waals surface area contributed by atoms with Gasteiger partial charge in [-0.25, -0.2) is 4.98 Å². The molecule has 0 bridgehead atoms. The first-order valence-electron chi connectivity index (χ1n) is 23.7. The first kappa shape index (κ1) is 51.6. The van der Waals surface area contributed by atoms with Crippen LogP contribution in [0.2, 0.25) is 0 Å². The van der Waals surface area contributed by atoms with Gasteiger partial charge in [0.25, 0.3) is 0 Å². The summed E-state index contributed by atoms with van der Waals surface area (Å²) >= 11 is 0. The summed E-state index contributed by atoms with van der Waals surface area (Å²) in [6.07, 6.45) is 10.2. The van der Waals surface area contributed by atoms with Crippen LogP contribution in [0.15, 0.2) is 104 Å². The molecule has 5 rings (SSSR count). The average molecular weight is 919 g/mol. The molecule has 1 fully saturated rings. The highest BCUT2D eigenvalue weighted by Crippen LogP contribution is 2.28. The normalized spacial score (nSPS) is 15.9. The lowest BCUT2D eigenvalue weighted by Gasteiger charge is -2.31. The summed E-state index contributed by atoms with van der Waals surface area (Å²) < 4.78 is 1.88. The molecular formula is C51H70N10O6. The number of benzene rings is 3. The number of nitrogens with two attached hydrogens (primary N) is 3. The van der Waals surface area contributed by atoms with Crippen molar-refractivity contribution in [2.24, 2.45) is 29.0 Å². The lowest BCUT2D eigenvalue weighted by atomic mass is 9.84. The van der Waals surface area contributed by atoms with E-state index >= 15 is 0 Å². The zero-order valence-corrected chi connectivity index (χ0v) is 38.9. The first-order chi connectivity index (χ1) is 32.3. The third-order valence-electron chi connectivity index (χ3n) is 12.6. The average Bonchev–Trinajstić information content (AvgIpc) is 3.78. The Hall–Kier alpha value is -6.39. The summed E-state index contributed by atoms with van der Waals surface area (Å²) in [6, 6.07) is 21.8. The number of carbonyl (C=O) groups is 6. The van der Waals surface area contributed by atoms with Crippen molar-refractivity contribution in [3.63, 3.8) is 0 Å². The molecule has 16 heteroatoms. The molecule has 0 aliphatic heterocycles. The molecule has 1 aliphatic carbocycles. The third kappa shape index (κ3) is 16.8. The van der Waals surface area contributed by atoms with E-state index in [1.165, 1.54) is 0 Å². The molecule has 1 saturated carbocycles. The Bertz CT molecular complexity index is 2180. The van der Waals surface area contributed by atoms with Crippen LogP contribution in [0.4, 0.5) is 0 Å². The van der Waals surface area contributed by atoms with Crippen LogP contribution in [-0.2, 0) is 54.6 Å². The third-order valence-corrected chi connectivity index (χ3v) is 12.6. The molecule has 3 aromatic carbocycles. The predicted octanol–water partition coefficient (Wildman–Crippen LogP) is 2.95. The fraction of sp³-hybridized carbons (Fsp3) is 0.471. The van der Waals surface area contributed by atoms with E-state index in [2.05, 4.69) is 31.6 Å². The molecule has 1 aromatic heterocycles. The van der Waals surface area contributed by atoms with E-state index in [1.807, 2.05) is 109 Å². The number of aromatic nitrogens is 2. The van der Waals surface area contributed by atoms with Crippen molar-refractivity contribution in [2.75, 3.05) is 6.54 Å². The minimum Gasteiger partial charge on any atom is -0.368 e. The lowest BCUT2D eigenvalue weighted by molar-refractivity contribution is -0.136. The van der Waals surface area contributed by atoms with Crippen LogP contribution in [0.25, 0.3) is 0 Å². The van der Waals surface area contributed by atoms with Crippen molar-refractivity contribution in [3.05, 3.63) is 126 Å². The number of rotatable bonds is 26. The quantitative estimate of drug-likeness (QED) is 0.0460. The second-order valence-electron chi connectivity index (χ2n) is 17.9. The van der Waals surface area contributed by atoms with Gasteiger partial charge < -0.3 is 48.4 Å². The maximum absolute atomic E-state index is 14.6. The van der Waals surface area contributed by atoms with Gasteiger partial charge in [-0.15, -0.1) is 0 Å². The summed E-state index contributed by atoms with van der Waals surface area (Å²) in [4.78, 5) is 88.1. The molecule has 0 radical (unpaired) electrons. The van der Waals surface area contributed by atoms with Gasteiger partial charge in [-0.1, -0.05) is 143 Å². The van der Waals surface area contributed by atoms with Crippen LogP contribution < -0.4 is 43.8 Å². The summed E-state index contributed by atoms with van der Waals surface area (Å²) in [5.41, 5.74) is 20.8. The minimum atomic E-state index is -1.17. The Morgan fingerprint density at radius 3 is 1.70 bits per heavy atom. The highest BCUT2D eigenvalue weighted by atomic mass is 16.2. The van der Waals surface area contributed by atoms with E-state index in [4.69, 9.17) is 17.2 Å². The van der Waals surface area contributed by atoms with Crippen LogP contribution in [0.3, 0.4) is 0 Å². The van der Waals surface area contributed by atoms with Crippen molar-refractivity contribution < 1.29 is 28.8 Å². The summed E-state index contributed by atoms with van der Waals surface area (Å²) in [5.74, 6) is -3.91. The highest BCUT2D eigenvalue weighted by Gasteiger charge is 2.36. The number of carbonyl (C=O) groups excluding carboxylic acids is 6. The molecule has 6 amide bonds. The number of primary amides is 1. The van der Waals surface area contributed by atoms with Crippen LogP contribution in [0, 0.1) is 11.8 Å². The van der Waals surface area contributed by atoms with E-state index in [9.17, 15) is 28.8 Å². The number of nitrogens with one attached hydrogen (secondary N) is 5. The standard InChI is InChI=1S/C51H70N10O6/c1-3-34(2)45(60-50(66)44(29-37-21-12-6-13-22-37)58-49(65)42(27-35-17-8-4-9-18-35)57-47(63)40(53)25-16-26-52)51(67)59-43(28-36-19-10-5-11-20-36)48(64)56-41(46(54)62)30-39-32-61(33-55-39)31-38-23-14-7-15-24-38/h4-5,7-11,14-15,17-20,23-24,32-34,37,40-45H,3,6,12-13,16,21-22,25-31,52-53H2,1-2H3,(H2,54,62)(H,56,64)(H,57,63)(H,58,65)(H,59,67)(H,60,66)/t34-,40-,41-,42+,43+,44-,45-/m0/s1. The van der Waals surface area contributed by atoms with Gasteiger partial charge in [-0.3, -0.25) is 28.8 Å². The van der Waals surface area contributed by atoms with Crippen molar-refractivity contribution in [3.8, 4) is 0 Å². The van der Waals surface area contributed by atoms with Crippen LogP contribution in [0.5, 0.6) is 0 Å². The molecule has 0 spiro atoms. The zero-order chi connectivity index (χ0) is 48.1. The van der Waals surface area contributed by atoms with E-state index in [1.54, 1.807) is 12.5 Å². The van der Waals surface area contributed by atoms with E-state index in [-0.39, 0.29) is 25.2 Å². The van der Waals surface area contributed by atoms with Crippen LogP contribution in [0.1, 0.15) is 94.0 Å². The second-order valence-corrected chi connectivity index (χ2v) is 17.9. The summed E-state index contributed by atoms with van der Waals surface area (Å²) in [5, 5.41) is 14.4. The Kier molecular flexibility index (Phi) is 20.5. The van der Waals surface area contributed by atoms with Gasteiger partial charge in [0, 0.05) is 32.0 Å². The SMILES string of the molecule is CC[C@H](C)[C@H](NC(=O)[C@H](CC1CCCCC1)NC(=O)[C@@H](Cc1ccccc1)NC(=O)[C@@H](N)CCCN)C(=O)N[C@H](Cc1ccccc1)C(=O)N[C@@H](Cc1cn(Cc2ccccc2)cn1)C(N)=O. The second kappa shape index (κ2) is 26.7. The maximum Gasteiger partial charge on any atom is 0.243 e. The topological polar surface area (TPSA) is 258 Å². The smallest absolute Gasteiger partial charge is 0.243 e. The van der Waals surface area contributed by atoms with Crippen molar-refractivity contribution >= 4 is 35.4 Å². The van der Waals surface area contributed by atoms with Crippen LogP contribution in [-0.4, -0.2) is 87.8 Å². The number of hydrogen-bond donors (Lipinski definition) is 8. The Morgan fingerprint density at radius 1 is 0.657 bits per heavy atom. The Balaban J connectivity index is 1.35. The summed E-state index contributed by atoms with van der Waals surface area (Å²) in [6.45, 7) is 4.64. The highest BCUT2D eigenvalue weighted by molar-refractivity contribution is 5.97. The molecule has 1 aliphatic rings. The minimum absolute atomic E-state index is 0.0193. The Labute approximate surface area is 394 Å². The lowest BCUT2D eigenvalue weighted by Crippen LogP contribution is -2.61. The van der Waals surface area contributed by atoms with E-state index < -0.39 is 77.6 Å². The molecule has 7 atom stereocenters. The molecule has 67 heavy (non-hydrogen) atoms. The molecule has 4 aromatic rings. The maximum atomic E-state index is 14.6. The molecular weight excluding hydrogens is 849 g/mol. The van der Waals surface area contributed by atoms with Crippen molar-refractivity contribution in [1.82, 2.24) is 36.1 Å². The zero-order valence-electron chi connectivity index (χ0n) is 38.9. The molecule has 0 saturated heterocycles. The fourth-order valence-electron chi connectivity index (χ4n) is 8.44. The van der Waals surface area contributed by atoms with Crippen LogP contribution >= 0.6 is 0 Å². The van der Waals surface area contributed by atoms with E-state index in [0.717, 1.165) is 48.8 Å². The first-order valence-corrected chi connectivity index (χ1v) is 23.7. The molecule has 16 nitrogen and oxygen atoms in total. The molecule has 1 heterocycles. The fourth-order valence-corrected chi connectivity index (χ4v) is 8.44. The number of nitrogens with zero attached hydrogens (tertiary/aromatic N) is 2. The Morgan fingerprint density at radius 2 is 1.16 bits per heavy atom. The molecule has 360 valence electrons. The molecule has 11 N–H and O–H groups in total. The number of amides is 6. The molecule has 0 unspecified atom stereocenters. The van der Waals surface area contributed by atoms with Gasteiger partial charge in [0.05, 0.1) is 18.1 Å². The number of imidazole rings is 1. The summed E-state index contributed by atoms with van der Waals surface area (Å²) in [7, 11) is 0. The van der Waals surface area contributed by atoms with Gasteiger partial charge in [0.1, 0.15) is 30.2 Å². The monoisotopic (exact) mass is 919 g/mol. The predicted molar refractivity (Wildman–Crippen MR) is 258 cm³/mol. The van der Waals surface area contributed by atoms with E-state index in [0.29, 0.717) is 44.5 Å². The van der Waals surface area contributed by atoms with Gasteiger partial charge in [0.15, 0.2) is 0 Å². The van der Waals surface area contributed by atoms with Gasteiger partial charge >= 0.3 is 0 Å². The number of hydrogen-bond acceptors (Lipinski definition) is 9. The largest absolute Gasteiger partial charge is 0.368 e.